The molecule has 0 fully saturated rings. The summed E-state index contributed by atoms with van der Waals surface area (Å²) < 4.78 is 0. The maximum Gasteiger partial charge on any atom is 4.00 e. The molecule has 5 heavy (non-hydrogen) atoms. The van der Waals surface area contributed by atoms with E-state index >= 15 is 0 Å². The Kier molecular flexibility index (Phi) is 408. The van der Waals surface area contributed by atoms with E-state index in [1.807, 2.05) is 0 Å². The van der Waals surface area contributed by atoms with E-state index in [1.54, 1.807) is 0 Å². The summed E-state index contributed by atoms with van der Waals surface area (Å²) in [6.45, 7) is 0. The van der Waals surface area contributed by atoms with Crippen LogP contribution >= 0.6 is 0 Å². The molecule has 0 radical (unpaired) electrons. The molecule has 0 aliphatic rings. The monoisotopic (exact) mass is 226 g/mol. The van der Waals surface area contributed by atoms with Crippen molar-refractivity contribution in [3.05, 3.63) is 0 Å². The van der Waals surface area contributed by atoms with Crippen LogP contribution in [0, 0.1) is 0 Å². The van der Waals surface area contributed by atoms with E-state index < -0.39 is 0 Å². The molecule has 0 unspecified atom stereocenters. The number of rotatable bonds is 0. The smallest absolute Gasteiger partial charge is 1.00 e. The first-order valence-corrected chi connectivity index (χ1v) is 0. The zero-order chi connectivity index (χ0) is 0. The van der Waals surface area contributed by atoms with E-state index in [0.717, 1.165) is 0 Å². The standard InChI is InChI=1S/2ClH.2H2S.Zr/h2*1H;2*1H2;/q;;;;+4/p-4. The molecule has 5 heteroatoms. The van der Waals surface area contributed by atoms with Gasteiger partial charge in [-0.05, 0) is 0 Å². The van der Waals surface area contributed by atoms with Crippen molar-refractivity contribution >= 4 is 27.0 Å². The summed E-state index contributed by atoms with van der Waals surface area (Å²) in [4.78, 5) is 0. The normalized spacial score (nSPS) is 0. The Morgan fingerprint density at radius 2 is 0.600 bits per heavy atom. The topological polar surface area (TPSA) is 0 Å². The Balaban J connectivity index is 0. The summed E-state index contributed by atoms with van der Waals surface area (Å²) in [5.41, 5.74) is 0. The molecule has 0 heterocycles. The molecular formula is H2Cl2S2Zr. The molecule has 0 N–H and O–H groups in total. The van der Waals surface area contributed by atoms with Gasteiger partial charge in [-0.25, -0.2) is 0 Å². The van der Waals surface area contributed by atoms with E-state index in [-0.39, 0.29) is 78.0 Å². The Morgan fingerprint density at radius 3 is 0.600 bits per heavy atom. The average Bonchev–Trinajstić information content (AvgIpc) is 0. The number of hydrogen-bond donors (Lipinski definition) is 0. The van der Waals surface area contributed by atoms with Crippen molar-refractivity contribution in [1.82, 2.24) is 0 Å². The summed E-state index contributed by atoms with van der Waals surface area (Å²) in [5.74, 6) is 0. The van der Waals surface area contributed by atoms with Gasteiger partial charge in [0, 0.05) is 0 Å². The van der Waals surface area contributed by atoms with Crippen LogP contribution in [0.5, 0.6) is 0 Å². The van der Waals surface area contributed by atoms with Crippen LogP contribution in [0.1, 0.15) is 0 Å². The molecule has 0 aromatic rings. The summed E-state index contributed by atoms with van der Waals surface area (Å²) in [6, 6.07) is 0. The minimum atomic E-state index is 0. The van der Waals surface area contributed by atoms with Crippen LogP contribution in [0.3, 0.4) is 0 Å². The molecule has 0 aliphatic heterocycles. The quantitative estimate of drug-likeness (QED) is 0.299. The molecule has 0 amide bonds. The first-order valence-electron chi connectivity index (χ1n) is 0. The van der Waals surface area contributed by atoms with Gasteiger partial charge in [0.25, 0.3) is 0 Å². The largest absolute Gasteiger partial charge is 4.00 e. The zero-order valence-corrected chi connectivity index (χ0v) is 7.91. The van der Waals surface area contributed by atoms with E-state index in [1.165, 1.54) is 0 Å². The molecule has 0 saturated carbocycles. The van der Waals surface area contributed by atoms with Crippen molar-refractivity contribution < 1.29 is 51.0 Å². The average molecular weight is 228 g/mol. The van der Waals surface area contributed by atoms with Crippen LogP contribution in [0.2, 0.25) is 0 Å². The third-order valence-corrected chi connectivity index (χ3v) is 0. The fraction of sp³-hybridized carbons (Fsp3) is 0. The summed E-state index contributed by atoms with van der Waals surface area (Å²) >= 11 is 0. The fourth-order valence-electron chi connectivity index (χ4n) is 0. The van der Waals surface area contributed by atoms with Crippen molar-refractivity contribution in [2.75, 3.05) is 0 Å². The predicted molar refractivity (Wildman–Crippen MR) is 17.5 cm³/mol. The molecule has 32 valence electrons. The third kappa shape index (κ3) is 22.8. The van der Waals surface area contributed by atoms with E-state index in [9.17, 15) is 0 Å². The van der Waals surface area contributed by atoms with Gasteiger partial charge < -0.3 is 51.8 Å². The Labute approximate surface area is 77.3 Å². The van der Waals surface area contributed by atoms with Crippen LogP contribution in [0.25, 0.3) is 0 Å². The molecule has 0 nitrogen and oxygen atoms in total. The first kappa shape index (κ1) is 58.1. The van der Waals surface area contributed by atoms with Crippen molar-refractivity contribution in [3.8, 4) is 0 Å². The fourth-order valence-corrected chi connectivity index (χ4v) is 0. The number of halogens is 2. The second kappa shape index (κ2) is 35.1. The van der Waals surface area contributed by atoms with Crippen molar-refractivity contribution in [2.45, 2.75) is 0 Å². The van der Waals surface area contributed by atoms with Crippen LogP contribution in [0.15, 0.2) is 0 Å². The zero-order valence-electron chi connectivity index (χ0n) is 2.15. The van der Waals surface area contributed by atoms with Gasteiger partial charge in [-0.1, -0.05) is 0 Å². The molecule has 0 aliphatic carbocycles. The maximum absolute atomic E-state index is 0. The number of hydrogen-bond acceptors (Lipinski definition) is 2. The van der Waals surface area contributed by atoms with Crippen molar-refractivity contribution in [1.29, 1.82) is 0 Å². The van der Waals surface area contributed by atoms with Crippen molar-refractivity contribution in [2.24, 2.45) is 0 Å². The minimum Gasteiger partial charge on any atom is -1.00 e. The van der Waals surface area contributed by atoms with Crippen LogP contribution in [-0.2, 0) is 53.2 Å². The van der Waals surface area contributed by atoms with Crippen LogP contribution in [-0.4, -0.2) is 0 Å². The van der Waals surface area contributed by atoms with Gasteiger partial charge in [-0.3, -0.25) is 0 Å². The third-order valence-electron chi connectivity index (χ3n) is 0. The summed E-state index contributed by atoms with van der Waals surface area (Å²) in [5, 5.41) is 0. The molecule has 0 aromatic heterocycles. The maximum atomic E-state index is 0. The van der Waals surface area contributed by atoms with Gasteiger partial charge in [-0.2, -0.15) is 0 Å². The summed E-state index contributed by atoms with van der Waals surface area (Å²) in [7, 11) is 0. The molecule has 0 bridgehead atoms. The van der Waals surface area contributed by atoms with Gasteiger partial charge >= 0.3 is 26.2 Å². The van der Waals surface area contributed by atoms with Crippen LogP contribution < -0.4 is 24.8 Å². The van der Waals surface area contributed by atoms with Crippen molar-refractivity contribution in [3.63, 3.8) is 0 Å². The Bertz CT molecular complexity index is 7.61. The molecule has 0 aromatic carbocycles. The second-order valence-corrected chi connectivity index (χ2v) is 0. The molecule has 0 spiro atoms. The number of thiol groups is 2. The first-order chi connectivity index (χ1) is 0. The molecule has 0 atom stereocenters. The van der Waals surface area contributed by atoms with E-state index in [0.29, 0.717) is 0 Å². The van der Waals surface area contributed by atoms with Gasteiger partial charge in [0.1, 0.15) is 0 Å². The Hall–Kier alpha value is 2.16. The van der Waals surface area contributed by atoms with Gasteiger partial charge in [-0.15, -0.1) is 0 Å². The molecular weight excluding hydrogens is 226 g/mol. The van der Waals surface area contributed by atoms with Gasteiger partial charge in [0.15, 0.2) is 0 Å². The summed E-state index contributed by atoms with van der Waals surface area (Å²) in [6.07, 6.45) is 0. The predicted octanol–water partition coefficient (Wildman–Crippen LogP) is -6.53. The van der Waals surface area contributed by atoms with Gasteiger partial charge in [0.2, 0.25) is 0 Å². The SMILES string of the molecule is [Cl-].[Cl-].[SH-].[SH-].[Zr+4]. The van der Waals surface area contributed by atoms with Gasteiger partial charge in [0.05, 0.1) is 0 Å². The molecule has 0 rings (SSSR count). The second-order valence-electron chi connectivity index (χ2n) is 0. The molecule has 0 saturated heterocycles. The van der Waals surface area contributed by atoms with E-state index in [2.05, 4.69) is 0 Å². The minimum absolute atomic E-state index is 0. The van der Waals surface area contributed by atoms with Crippen LogP contribution in [0.4, 0.5) is 0 Å². The van der Waals surface area contributed by atoms with E-state index in [4.69, 9.17) is 0 Å². The Morgan fingerprint density at radius 1 is 0.600 bits per heavy atom.